The molecule has 1 saturated heterocycles. The Morgan fingerprint density at radius 3 is 2.57 bits per heavy atom. The van der Waals surface area contributed by atoms with E-state index in [0.717, 1.165) is 29.9 Å². The summed E-state index contributed by atoms with van der Waals surface area (Å²) in [7, 11) is 1.67. The van der Waals surface area contributed by atoms with Gasteiger partial charge < -0.3 is 14.5 Å². The van der Waals surface area contributed by atoms with Gasteiger partial charge in [0.25, 0.3) is 5.91 Å². The van der Waals surface area contributed by atoms with E-state index in [1.54, 1.807) is 20.1 Å². The lowest BCUT2D eigenvalue weighted by Crippen LogP contribution is -2.49. The zero-order chi connectivity index (χ0) is 19.7. The quantitative estimate of drug-likeness (QED) is 0.697. The second-order valence-electron chi connectivity index (χ2n) is 6.91. The zero-order valence-electron chi connectivity index (χ0n) is 16.0. The van der Waals surface area contributed by atoms with E-state index in [9.17, 15) is 9.18 Å². The molecule has 0 saturated carbocycles. The number of aromatic nitrogens is 1. The third-order valence-electron chi connectivity index (χ3n) is 5.19. The lowest BCUT2D eigenvalue weighted by molar-refractivity contribution is 0.0745. The fourth-order valence-electron chi connectivity index (χ4n) is 3.66. The van der Waals surface area contributed by atoms with Crippen molar-refractivity contribution in [3.05, 3.63) is 65.6 Å². The molecule has 1 amide bonds. The van der Waals surface area contributed by atoms with E-state index in [2.05, 4.69) is 9.88 Å². The number of benzene rings is 2. The van der Waals surface area contributed by atoms with E-state index in [4.69, 9.17) is 4.74 Å². The zero-order valence-corrected chi connectivity index (χ0v) is 16.0. The van der Waals surface area contributed by atoms with Gasteiger partial charge in [0.2, 0.25) is 0 Å². The number of piperazine rings is 1. The molecule has 3 aromatic rings. The Bertz CT molecular complexity index is 1030. The van der Waals surface area contributed by atoms with Gasteiger partial charge in [0.1, 0.15) is 11.6 Å². The van der Waals surface area contributed by atoms with Crippen LogP contribution in [0.5, 0.6) is 5.75 Å². The molecule has 2 aromatic carbocycles. The molecule has 0 radical (unpaired) electrons. The van der Waals surface area contributed by atoms with Crippen molar-refractivity contribution in [2.45, 2.75) is 6.92 Å². The summed E-state index contributed by atoms with van der Waals surface area (Å²) in [6.45, 7) is 4.51. The van der Waals surface area contributed by atoms with Crippen LogP contribution in [0.25, 0.3) is 10.9 Å². The highest BCUT2D eigenvalue weighted by Gasteiger charge is 2.25. The highest BCUT2D eigenvalue weighted by Crippen LogP contribution is 2.28. The van der Waals surface area contributed by atoms with Crippen molar-refractivity contribution in [2.75, 3.05) is 38.2 Å². The highest BCUT2D eigenvalue weighted by atomic mass is 19.1. The first-order chi connectivity index (χ1) is 13.6. The van der Waals surface area contributed by atoms with Crippen molar-refractivity contribution in [1.29, 1.82) is 0 Å². The summed E-state index contributed by atoms with van der Waals surface area (Å²) in [4.78, 5) is 21.6. The molecule has 6 heteroatoms. The first-order valence-electron chi connectivity index (χ1n) is 9.31. The van der Waals surface area contributed by atoms with E-state index < -0.39 is 0 Å². The number of methoxy groups -OCH3 is 1. The summed E-state index contributed by atoms with van der Waals surface area (Å²) in [6.07, 6.45) is 0. The molecule has 2 heterocycles. The van der Waals surface area contributed by atoms with Crippen molar-refractivity contribution in [2.24, 2.45) is 0 Å². The van der Waals surface area contributed by atoms with Gasteiger partial charge in [-0.25, -0.2) is 4.39 Å². The molecule has 4 rings (SSSR count). The van der Waals surface area contributed by atoms with Gasteiger partial charge in [-0.05, 0) is 37.3 Å². The molecule has 144 valence electrons. The smallest absolute Gasteiger partial charge is 0.255 e. The van der Waals surface area contributed by atoms with Crippen LogP contribution in [-0.4, -0.2) is 49.1 Å². The van der Waals surface area contributed by atoms with Crippen LogP contribution in [0.3, 0.4) is 0 Å². The lowest BCUT2D eigenvalue weighted by Gasteiger charge is -2.36. The van der Waals surface area contributed by atoms with E-state index in [0.29, 0.717) is 29.9 Å². The molecule has 0 atom stereocenters. The Morgan fingerprint density at radius 1 is 1.07 bits per heavy atom. The summed E-state index contributed by atoms with van der Waals surface area (Å²) in [5.41, 5.74) is 2.80. The van der Waals surface area contributed by atoms with Gasteiger partial charge in [0.15, 0.2) is 0 Å². The predicted octanol–water partition coefficient (Wildman–Crippen LogP) is 3.65. The van der Waals surface area contributed by atoms with Crippen LogP contribution in [0, 0.1) is 12.7 Å². The van der Waals surface area contributed by atoms with E-state index in [1.165, 1.54) is 12.1 Å². The fraction of sp³-hybridized carbons (Fsp3) is 0.273. The molecule has 28 heavy (non-hydrogen) atoms. The van der Waals surface area contributed by atoms with Crippen LogP contribution in [-0.2, 0) is 0 Å². The SMILES string of the molecule is COc1ccccc1N1CCN(C(=O)c2cc3ccc(F)cc3nc2C)CC1. The molecule has 1 aliphatic rings. The Labute approximate surface area is 163 Å². The summed E-state index contributed by atoms with van der Waals surface area (Å²) in [6, 6.07) is 14.2. The second kappa shape index (κ2) is 7.46. The molecule has 0 bridgehead atoms. The molecule has 0 spiro atoms. The summed E-state index contributed by atoms with van der Waals surface area (Å²) < 4.78 is 18.9. The standard InChI is InChI=1S/C22H22FN3O2/c1-15-18(13-16-7-8-17(23)14-19(16)24-15)22(27)26-11-9-25(10-12-26)20-5-3-4-6-21(20)28-2/h3-8,13-14H,9-12H2,1-2H3. The Morgan fingerprint density at radius 2 is 1.82 bits per heavy atom. The average molecular weight is 379 g/mol. The fourth-order valence-corrected chi connectivity index (χ4v) is 3.66. The summed E-state index contributed by atoms with van der Waals surface area (Å²) in [5.74, 6) is 0.478. The number of carbonyl (C=O) groups excluding carboxylic acids is 1. The minimum absolute atomic E-state index is 0.0316. The second-order valence-corrected chi connectivity index (χ2v) is 6.91. The van der Waals surface area contributed by atoms with E-state index in [1.807, 2.05) is 35.2 Å². The molecule has 0 unspecified atom stereocenters. The molecule has 0 aliphatic carbocycles. The largest absolute Gasteiger partial charge is 0.495 e. The molecule has 0 N–H and O–H groups in total. The molecule has 5 nitrogen and oxygen atoms in total. The molecular formula is C22H22FN3O2. The predicted molar refractivity (Wildman–Crippen MR) is 108 cm³/mol. The van der Waals surface area contributed by atoms with Gasteiger partial charge in [0, 0.05) is 37.6 Å². The first kappa shape index (κ1) is 18.2. The van der Waals surface area contributed by atoms with Crippen LogP contribution >= 0.6 is 0 Å². The van der Waals surface area contributed by atoms with Gasteiger partial charge >= 0.3 is 0 Å². The number of aryl methyl sites for hydroxylation is 1. The van der Waals surface area contributed by atoms with Crippen LogP contribution in [0.1, 0.15) is 16.1 Å². The Balaban J connectivity index is 1.52. The van der Waals surface area contributed by atoms with Crippen LogP contribution in [0.2, 0.25) is 0 Å². The van der Waals surface area contributed by atoms with E-state index in [-0.39, 0.29) is 11.7 Å². The Kier molecular flexibility index (Phi) is 4.86. The minimum atomic E-state index is -0.328. The maximum Gasteiger partial charge on any atom is 0.255 e. The normalized spacial score (nSPS) is 14.4. The van der Waals surface area contributed by atoms with E-state index >= 15 is 0 Å². The number of carbonyl (C=O) groups is 1. The Hall–Kier alpha value is -3.15. The van der Waals surface area contributed by atoms with Crippen molar-refractivity contribution >= 4 is 22.5 Å². The molecule has 1 aliphatic heterocycles. The number of hydrogen-bond acceptors (Lipinski definition) is 4. The monoisotopic (exact) mass is 379 g/mol. The number of anilines is 1. The van der Waals surface area contributed by atoms with Gasteiger partial charge in [-0.15, -0.1) is 0 Å². The third-order valence-corrected chi connectivity index (χ3v) is 5.19. The first-order valence-corrected chi connectivity index (χ1v) is 9.31. The number of pyridine rings is 1. The van der Waals surface area contributed by atoms with Crippen molar-refractivity contribution in [3.8, 4) is 5.75 Å². The maximum atomic E-state index is 13.4. The van der Waals surface area contributed by atoms with Gasteiger partial charge in [-0.3, -0.25) is 9.78 Å². The number of fused-ring (bicyclic) bond motifs is 1. The minimum Gasteiger partial charge on any atom is -0.495 e. The van der Waals surface area contributed by atoms with Crippen molar-refractivity contribution in [3.63, 3.8) is 0 Å². The lowest BCUT2D eigenvalue weighted by atomic mass is 10.1. The van der Waals surface area contributed by atoms with Crippen LogP contribution in [0.15, 0.2) is 48.5 Å². The van der Waals surface area contributed by atoms with Crippen molar-refractivity contribution in [1.82, 2.24) is 9.88 Å². The van der Waals surface area contributed by atoms with Gasteiger partial charge in [-0.1, -0.05) is 12.1 Å². The number of halogens is 1. The summed E-state index contributed by atoms with van der Waals surface area (Å²) in [5, 5.41) is 0.767. The summed E-state index contributed by atoms with van der Waals surface area (Å²) >= 11 is 0. The van der Waals surface area contributed by atoms with Crippen LogP contribution < -0.4 is 9.64 Å². The maximum absolute atomic E-state index is 13.4. The van der Waals surface area contributed by atoms with Gasteiger partial charge in [-0.2, -0.15) is 0 Å². The average Bonchev–Trinajstić information content (AvgIpc) is 2.73. The van der Waals surface area contributed by atoms with Crippen molar-refractivity contribution < 1.29 is 13.9 Å². The number of hydrogen-bond donors (Lipinski definition) is 0. The highest BCUT2D eigenvalue weighted by molar-refractivity contribution is 5.98. The molecule has 1 fully saturated rings. The number of para-hydroxylation sites is 2. The van der Waals surface area contributed by atoms with Crippen LogP contribution in [0.4, 0.5) is 10.1 Å². The number of nitrogens with zero attached hydrogens (tertiary/aromatic N) is 3. The number of ether oxygens (including phenoxy) is 1. The van der Waals surface area contributed by atoms with Gasteiger partial charge in [0.05, 0.1) is 29.6 Å². The third kappa shape index (κ3) is 3.38. The molecule has 1 aromatic heterocycles. The topological polar surface area (TPSA) is 45.7 Å². The number of rotatable bonds is 3. The molecular weight excluding hydrogens is 357 g/mol. The number of amides is 1.